The van der Waals surface area contributed by atoms with E-state index in [1.54, 1.807) is 10.9 Å². The number of hydrogen-bond acceptors (Lipinski definition) is 4. The normalized spacial score (nSPS) is 16.6. The Morgan fingerprint density at radius 3 is 2.92 bits per heavy atom. The molecule has 0 bridgehead atoms. The Morgan fingerprint density at radius 2 is 2.20 bits per heavy atom. The minimum atomic E-state index is -0.212. The summed E-state index contributed by atoms with van der Waals surface area (Å²) in [5, 5.41) is 15.2. The number of anilines is 1. The standard InChI is InChI=1S/C17H17ClN6O/c1-3-10-13(16(18)24(2)23-10)9-8-12(25)20-17-14(9)15(21-22-17)11-6-4-5-7-19-11/h4-7,9H,3,8H2,1-2H3,(H2,20,21,22,25). The van der Waals surface area contributed by atoms with Crippen molar-refractivity contribution in [2.75, 3.05) is 5.32 Å². The van der Waals surface area contributed by atoms with E-state index in [1.165, 1.54) is 0 Å². The molecule has 4 rings (SSSR count). The number of fused-ring (bicyclic) bond motifs is 1. The van der Waals surface area contributed by atoms with E-state index in [0.29, 0.717) is 17.4 Å². The molecule has 1 unspecified atom stereocenters. The van der Waals surface area contributed by atoms with Crippen molar-refractivity contribution in [3.63, 3.8) is 0 Å². The minimum absolute atomic E-state index is 0.0847. The first kappa shape index (κ1) is 15.8. The van der Waals surface area contributed by atoms with E-state index in [9.17, 15) is 4.79 Å². The summed E-state index contributed by atoms with van der Waals surface area (Å²) in [6, 6.07) is 5.69. The second-order valence-corrected chi connectivity index (χ2v) is 6.37. The Labute approximate surface area is 149 Å². The number of rotatable bonds is 3. The van der Waals surface area contributed by atoms with Gasteiger partial charge in [0.05, 0.1) is 17.1 Å². The van der Waals surface area contributed by atoms with Crippen LogP contribution in [0, 0.1) is 0 Å². The SMILES string of the molecule is CCc1nn(C)c(Cl)c1C1CC(=O)Nc2n[nH]c(-c3ccccn3)c21. The molecule has 1 aliphatic rings. The number of carbonyl (C=O) groups excluding carboxylic acids is 1. The molecule has 0 aromatic carbocycles. The number of hydrogen-bond donors (Lipinski definition) is 2. The van der Waals surface area contributed by atoms with E-state index in [4.69, 9.17) is 11.6 Å². The van der Waals surface area contributed by atoms with Crippen molar-refractivity contribution in [2.45, 2.75) is 25.7 Å². The molecule has 8 heteroatoms. The molecule has 1 aliphatic heterocycles. The second-order valence-electron chi connectivity index (χ2n) is 6.01. The third kappa shape index (κ3) is 2.51. The highest BCUT2D eigenvalue weighted by Crippen LogP contribution is 2.44. The number of halogens is 1. The highest BCUT2D eigenvalue weighted by molar-refractivity contribution is 6.30. The maximum absolute atomic E-state index is 12.2. The monoisotopic (exact) mass is 356 g/mol. The van der Waals surface area contributed by atoms with Gasteiger partial charge in [-0.1, -0.05) is 24.6 Å². The number of aryl methyl sites for hydroxylation is 2. The van der Waals surface area contributed by atoms with Gasteiger partial charge in [0, 0.05) is 36.7 Å². The Morgan fingerprint density at radius 1 is 1.36 bits per heavy atom. The molecule has 4 heterocycles. The number of nitrogens with one attached hydrogen (secondary N) is 2. The molecule has 1 atom stereocenters. The van der Waals surface area contributed by atoms with Gasteiger partial charge in [-0.15, -0.1) is 0 Å². The van der Waals surface area contributed by atoms with E-state index in [2.05, 4.69) is 25.6 Å². The number of nitrogens with zero attached hydrogens (tertiary/aromatic N) is 4. The Hall–Kier alpha value is -2.67. The molecular formula is C17H17ClN6O. The zero-order valence-electron chi connectivity index (χ0n) is 13.9. The molecule has 3 aromatic rings. The van der Waals surface area contributed by atoms with Crippen LogP contribution in [0.4, 0.5) is 5.82 Å². The van der Waals surface area contributed by atoms with Gasteiger partial charge in [0.15, 0.2) is 5.82 Å². The van der Waals surface area contributed by atoms with Crippen LogP contribution in [-0.4, -0.2) is 30.9 Å². The van der Waals surface area contributed by atoms with Gasteiger partial charge in [-0.2, -0.15) is 10.2 Å². The molecule has 1 amide bonds. The highest BCUT2D eigenvalue weighted by atomic mass is 35.5. The number of aromatic amines is 1. The van der Waals surface area contributed by atoms with E-state index >= 15 is 0 Å². The predicted molar refractivity (Wildman–Crippen MR) is 94.5 cm³/mol. The van der Waals surface area contributed by atoms with E-state index in [1.807, 2.05) is 32.2 Å². The van der Waals surface area contributed by atoms with Crippen LogP contribution in [0.3, 0.4) is 0 Å². The molecule has 128 valence electrons. The summed E-state index contributed by atoms with van der Waals surface area (Å²) in [5.74, 6) is 0.234. The third-order valence-electron chi connectivity index (χ3n) is 4.49. The molecule has 0 spiro atoms. The molecule has 0 saturated heterocycles. The van der Waals surface area contributed by atoms with Crippen molar-refractivity contribution < 1.29 is 4.79 Å². The summed E-state index contributed by atoms with van der Waals surface area (Å²) in [6.45, 7) is 2.03. The number of amides is 1. The van der Waals surface area contributed by atoms with Crippen LogP contribution in [0.5, 0.6) is 0 Å². The lowest BCUT2D eigenvalue weighted by atomic mass is 9.84. The summed E-state index contributed by atoms with van der Waals surface area (Å²) in [6.07, 6.45) is 2.76. The van der Waals surface area contributed by atoms with Crippen LogP contribution in [0.25, 0.3) is 11.4 Å². The zero-order chi connectivity index (χ0) is 17.6. The van der Waals surface area contributed by atoms with Crippen molar-refractivity contribution in [2.24, 2.45) is 7.05 Å². The van der Waals surface area contributed by atoms with E-state index < -0.39 is 0 Å². The lowest BCUT2D eigenvalue weighted by Gasteiger charge is -2.23. The molecule has 0 aliphatic carbocycles. The largest absolute Gasteiger partial charge is 0.309 e. The Kier molecular flexibility index (Phi) is 3.80. The van der Waals surface area contributed by atoms with Crippen molar-refractivity contribution in [3.8, 4) is 11.4 Å². The molecule has 0 radical (unpaired) electrons. The van der Waals surface area contributed by atoms with Gasteiger partial charge < -0.3 is 5.32 Å². The molecule has 2 N–H and O–H groups in total. The fourth-order valence-corrected chi connectivity index (χ4v) is 3.66. The summed E-state index contributed by atoms with van der Waals surface area (Å²) in [4.78, 5) is 16.6. The van der Waals surface area contributed by atoms with Crippen molar-refractivity contribution in [3.05, 3.63) is 46.4 Å². The minimum Gasteiger partial charge on any atom is -0.309 e. The maximum Gasteiger partial charge on any atom is 0.226 e. The average molecular weight is 357 g/mol. The van der Waals surface area contributed by atoms with Crippen LogP contribution in [0.2, 0.25) is 5.15 Å². The number of aromatic nitrogens is 5. The second kappa shape index (κ2) is 6.00. The molecule has 25 heavy (non-hydrogen) atoms. The van der Waals surface area contributed by atoms with Crippen LogP contribution in [0.1, 0.15) is 36.1 Å². The van der Waals surface area contributed by atoms with Gasteiger partial charge in [0.2, 0.25) is 5.91 Å². The topological polar surface area (TPSA) is 88.5 Å². The van der Waals surface area contributed by atoms with Crippen molar-refractivity contribution in [1.82, 2.24) is 25.0 Å². The van der Waals surface area contributed by atoms with Crippen LogP contribution < -0.4 is 5.32 Å². The first-order valence-corrected chi connectivity index (χ1v) is 8.48. The maximum atomic E-state index is 12.2. The third-order valence-corrected chi connectivity index (χ3v) is 4.94. The summed E-state index contributed by atoms with van der Waals surface area (Å²) in [5.41, 5.74) is 4.26. The van der Waals surface area contributed by atoms with Crippen molar-refractivity contribution in [1.29, 1.82) is 0 Å². The first-order valence-electron chi connectivity index (χ1n) is 8.11. The molecule has 0 saturated carbocycles. The van der Waals surface area contributed by atoms with Crippen LogP contribution in [-0.2, 0) is 18.3 Å². The summed E-state index contributed by atoms with van der Waals surface area (Å²) >= 11 is 6.53. The summed E-state index contributed by atoms with van der Waals surface area (Å²) in [7, 11) is 1.81. The van der Waals surface area contributed by atoms with Gasteiger partial charge in [0.1, 0.15) is 5.15 Å². The summed E-state index contributed by atoms with van der Waals surface area (Å²) < 4.78 is 1.66. The Balaban J connectivity index is 1.93. The fraction of sp³-hybridized carbons (Fsp3) is 0.294. The van der Waals surface area contributed by atoms with E-state index in [-0.39, 0.29) is 11.8 Å². The highest BCUT2D eigenvalue weighted by Gasteiger charge is 2.36. The molecule has 3 aromatic heterocycles. The van der Waals surface area contributed by atoms with Crippen LogP contribution >= 0.6 is 11.6 Å². The zero-order valence-corrected chi connectivity index (χ0v) is 14.6. The van der Waals surface area contributed by atoms with Gasteiger partial charge in [-0.3, -0.25) is 19.6 Å². The van der Waals surface area contributed by atoms with Gasteiger partial charge in [-0.25, -0.2) is 0 Å². The Bertz CT molecular complexity index is 946. The quantitative estimate of drug-likeness (QED) is 0.755. The van der Waals surface area contributed by atoms with Crippen LogP contribution in [0.15, 0.2) is 24.4 Å². The number of carbonyl (C=O) groups is 1. The molecule has 7 nitrogen and oxygen atoms in total. The average Bonchev–Trinajstić information content (AvgIpc) is 3.16. The van der Waals surface area contributed by atoms with Gasteiger partial charge in [-0.05, 0) is 18.6 Å². The van der Waals surface area contributed by atoms with E-state index in [0.717, 1.165) is 34.6 Å². The van der Waals surface area contributed by atoms with Gasteiger partial charge in [0.25, 0.3) is 0 Å². The lowest BCUT2D eigenvalue weighted by molar-refractivity contribution is -0.116. The smallest absolute Gasteiger partial charge is 0.226 e. The molecule has 0 fully saturated rings. The predicted octanol–water partition coefficient (Wildman–Crippen LogP) is 2.90. The van der Waals surface area contributed by atoms with Gasteiger partial charge >= 0.3 is 0 Å². The molecular weight excluding hydrogens is 340 g/mol. The first-order chi connectivity index (χ1) is 12.1. The lowest BCUT2D eigenvalue weighted by Crippen LogP contribution is -2.24. The fourth-order valence-electron chi connectivity index (χ4n) is 3.39. The number of H-pyrrole nitrogens is 1. The number of pyridine rings is 1. The van der Waals surface area contributed by atoms with Crippen molar-refractivity contribution >= 4 is 23.3 Å².